The van der Waals surface area contributed by atoms with Crippen LogP contribution in [0.15, 0.2) is 224 Å². The van der Waals surface area contributed by atoms with Gasteiger partial charge in [0, 0.05) is 48.7 Å². The summed E-state index contributed by atoms with van der Waals surface area (Å²) < 4.78 is 9.65. The van der Waals surface area contributed by atoms with Gasteiger partial charge in [-0.25, -0.2) is 4.98 Å². The van der Waals surface area contributed by atoms with Crippen molar-refractivity contribution in [2.24, 2.45) is 0 Å². The van der Waals surface area contributed by atoms with Crippen LogP contribution in [0, 0.1) is 0 Å². The Balaban J connectivity index is 1.19. The second kappa shape index (κ2) is 13.4. The van der Waals surface area contributed by atoms with Crippen LogP contribution in [0.25, 0.3) is 121 Å². The first-order valence-corrected chi connectivity index (χ1v) is 21.9. The zero-order valence-corrected chi connectivity index (χ0v) is 34.6. The Kier molecular flexibility index (Phi) is 7.33. The van der Waals surface area contributed by atoms with Crippen molar-refractivity contribution in [2.45, 2.75) is 0 Å². The van der Waals surface area contributed by atoms with E-state index in [1.165, 1.54) is 43.1 Å². The van der Waals surface area contributed by atoms with Crippen LogP contribution < -0.4 is 0 Å². The summed E-state index contributed by atoms with van der Waals surface area (Å²) in [5, 5.41) is 9.66. The molecule has 5 aromatic heterocycles. The number of fused-ring (bicyclic) bond motifs is 12. The third-order valence-electron chi connectivity index (χ3n) is 13.4. The largest absolute Gasteiger partial charge is 0.309 e. The highest BCUT2D eigenvalue weighted by Crippen LogP contribution is 2.44. The van der Waals surface area contributed by atoms with E-state index in [0.717, 1.165) is 78.3 Å². The minimum Gasteiger partial charge on any atom is -0.309 e. The molecule has 0 aliphatic carbocycles. The van der Waals surface area contributed by atoms with Gasteiger partial charge < -0.3 is 9.13 Å². The van der Waals surface area contributed by atoms with Crippen molar-refractivity contribution in [3.05, 3.63) is 224 Å². The molecular weight excluding hydrogens is 779 g/mol. The van der Waals surface area contributed by atoms with Crippen LogP contribution in [-0.2, 0) is 0 Å². The number of benzene rings is 9. The molecule has 0 N–H and O–H groups in total. The smallest absolute Gasteiger partial charge is 0.140 e. The van der Waals surface area contributed by atoms with Gasteiger partial charge in [0.05, 0.1) is 55.5 Å². The lowest BCUT2D eigenvalue weighted by Crippen LogP contribution is -2.07. The maximum absolute atomic E-state index is 5.74. The molecule has 0 atom stereocenters. The van der Waals surface area contributed by atoms with Gasteiger partial charge in [0.15, 0.2) is 0 Å². The maximum Gasteiger partial charge on any atom is 0.140 e. The molecule has 0 amide bonds. The summed E-state index contributed by atoms with van der Waals surface area (Å²) in [5.74, 6) is 1.69. The van der Waals surface area contributed by atoms with E-state index >= 15 is 0 Å². The van der Waals surface area contributed by atoms with Crippen molar-refractivity contribution in [2.75, 3.05) is 0 Å². The topological polar surface area (TPSA) is 32.6 Å². The highest BCUT2D eigenvalue weighted by molar-refractivity contribution is 6.13. The zero-order chi connectivity index (χ0) is 41.9. The Hall–Kier alpha value is -8.67. The van der Waals surface area contributed by atoms with Crippen LogP contribution >= 0.6 is 0 Å². The highest BCUT2D eigenvalue weighted by Gasteiger charge is 2.25. The lowest BCUT2D eigenvalue weighted by Gasteiger charge is -2.21. The highest BCUT2D eigenvalue weighted by atomic mass is 15.1. The molecule has 0 saturated heterocycles. The van der Waals surface area contributed by atoms with Crippen molar-refractivity contribution in [3.8, 4) is 34.1 Å². The summed E-state index contributed by atoms with van der Waals surface area (Å²) in [6, 6.07) is 81.5. The quantitative estimate of drug-likeness (QED) is 0.170. The summed E-state index contributed by atoms with van der Waals surface area (Å²) in [7, 11) is 0. The Morgan fingerprint density at radius 3 is 0.734 bits per heavy atom. The summed E-state index contributed by atoms with van der Waals surface area (Å²) in [6.45, 7) is 0. The number of nitrogens with zero attached hydrogens (tertiary/aromatic N) is 5. The van der Waals surface area contributed by atoms with Crippen LogP contribution in [0.2, 0.25) is 0 Å². The van der Waals surface area contributed by atoms with Crippen molar-refractivity contribution in [1.82, 2.24) is 23.3 Å². The third-order valence-corrected chi connectivity index (χ3v) is 13.4. The van der Waals surface area contributed by atoms with E-state index in [9.17, 15) is 0 Å². The molecule has 0 aliphatic rings. The van der Waals surface area contributed by atoms with Gasteiger partial charge in [0.2, 0.25) is 0 Å². The minimum absolute atomic E-state index is 0.844. The first kappa shape index (κ1) is 35.0. The van der Waals surface area contributed by atoms with E-state index < -0.39 is 0 Å². The molecule has 0 fully saturated rings. The molecule has 5 nitrogen and oxygen atoms in total. The van der Waals surface area contributed by atoms with Crippen LogP contribution in [0.1, 0.15) is 0 Å². The summed E-state index contributed by atoms with van der Waals surface area (Å²) in [6.07, 6.45) is 0. The van der Waals surface area contributed by atoms with Crippen LogP contribution in [0.3, 0.4) is 0 Å². The summed E-state index contributed by atoms with van der Waals surface area (Å²) >= 11 is 0. The summed E-state index contributed by atoms with van der Waals surface area (Å²) in [5.41, 5.74) is 13.4. The molecule has 14 aromatic rings. The van der Waals surface area contributed by atoms with E-state index in [1.54, 1.807) is 0 Å². The first-order chi connectivity index (χ1) is 31.8. The predicted octanol–water partition coefficient (Wildman–Crippen LogP) is 15.1. The lowest BCUT2D eigenvalue weighted by atomic mass is 10.0. The van der Waals surface area contributed by atoms with Crippen LogP contribution in [-0.4, -0.2) is 23.3 Å². The van der Waals surface area contributed by atoms with Gasteiger partial charge >= 0.3 is 0 Å². The molecule has 0 spiro atoms. The van der Waals surface area contributed by atoms with Crippen LogP contribution in [0.4, 0.5) is 0 Å². The molecule has 14 rings (SSSR count). The standard InChI is InChI=1S/C59H37N5/c1-9-26-47-39(18-1)40-19-2-10-27-48(40)61(47)55-34-17-35-56(62-49-28-11-3-20-41(49)42-21-4-12-29-50(42)62)59(55)38-36-57(63-51-30-13-5-22-43(51)44-23-6-14-31-52(44)63)60-58(37-38)64-53-32-15-7-24-45(53)46-25-8-16-33-54(46)64/h1-37H. The zero-order valence-electron chi connectivity index (χ0n) is 34.6. The van der Waals surface area contributed by atoms with Gasteiger partial charge in [-0.2, -0.15) is 0 Å². The monoisotopic (exact) mass is 815 g/mol. The van der Waals surface area contributed by atoms with E-state index in [1.807, 2.05) is 0 Å². The van der Waals surface area contributed by atoms with E-state index in [-0.39, 0.29) is 0 Å². The second-order valence-electron chi connectivity index (χ2n) is 16.7. The average molecular weight is 816 g/mol. The normalized spacial score (nSPS) is 12.1. The van der Waals surface area contributed by atoms with Crippen LogP contribution in [0.5, 0.6) is 0 Å². The Labute approximate surface area is 367 Å². The maximum atomic E-state index is 5.74. The Bertz CT molecular complexity index is 3730. The number of hydrogen-bond acceptors (Lipinski definition) is 1. The molecule has 0 radical (unpaired) electrons. The minimum atomic E-state index is 0.844. The first-order valence-electron chi connectivity index (χ1n) is 21.9. The molecule has 0 aliphatic heterocycles. The Morgan fingerprint density at radius 2 is 0.469 bits per heavy atom. The molecule has 298 valence electrons. The Morgan fingerprint density at radius 1 is 0.234 bits per heavy atom. The van der Waals surface area contributed by atoms with Gasteiger partial charge in [-0.3, -0.25) is 9.13 Å². The number of pyridine rings is 1. The molecule has 0 unspecified atom stereocenters. The molecule has 5 heteroatoms. The van der Waals surface area contributed by atoms with Crippen molar-refractivity contribution in [1.29, 1.82) is 0 Å². The molecule has 9 aromatic carbocycles. The van der Waals surface area contributed by atoms with Crippen molar-refractivity contribution < 1.29 is 0 Å². The number of aromatic nitrogens is 5. The van der Waals surface area contributed by atoms with E-state index in [0.29, 0.717) is 0 Å². The van der Waals surface area contributed by atoms with Gasteiger partial charge in [0.25, 0.3) is 0 Å². The van der Waals surface area contributed by atoms with Crippen molar-refractivity contribution >= 4 is 87.2 Å². The van der Waals surface area contributed by atoms with Crippen molar-refractivity contribution in [3.63, 3.8) is 0 Å². The lowest BCUT2D eigenvalue weighted by molar-refractivity contribution is 1.01. The number of hydrogen-bond donors (Lipinski definition) is 0. The molecule has 0 bridgehead atoms. The third kappa shape index (κ3) is 4.86. The average Bonchev–Trinajstić information content (AvgIpc) is 4.09. The van der Waals surface area contributed by atoms with Gasteiger partial charge in [0.1, 0.15) is 11.6 Å². The SMILES string of the molecule is c1cc(-n2c3ccccc3c3ccccc32)c(-c2cc(-n3c4ccccc4c4ccccc43)nc(-n3c4ccccc4c4ccccc43)c2)c(-n2c3ccccc3c3ccccc32)c1. The fraction of sp³-hybridized carbons (Fsp3) is 0. The molecular formula is C59H37N5. The van der Waals surface area contributed by atoms with E-state index in [4.69, 9.17) is 4.98 Å². The molecule has 64 heavy (non-hydrogen) atoms. The molecule has 0 saturated carbocycles. The number of para-hydroxylation sites is 8. The number of rotatable bonds is 5. The fourth-order valence-corrected chi connectivity index (χ4v) is 10.8. The van der Waals surface area contributed by atoms with Gasteiger partial charge in [-0.05, 0) is 78.4 Å². The predicted molar refractivity (Wildman–Crippen MR) is 267 cm³/mol. The second-order valence-corrected chi connectivity index (χ2v) is 16.7. The van der Waals surface area contributed by atoms with E-state index in [2.05, 4.69) is 243 Å². The van der Waals surface area contributed by atoms with Gasteiger partial charge in [-0.15, -0.1) is 0 Å². The molecule has 5 heterocycles. The van der Waals surface area contributed by atoms with Gasteiger partial charge in [-0.1, -0.05) is 152 Å². The summed E-state index contributed by atoms with van der Waals surface area (Å²) in [4.78, 5) is 5.74. The fourth-order valence-electron chi connectivity index (χ4n) is 10.8.